The monoisotopic (exact) mass is 445 g/mol. The van der Waals surface area contributed by atoms with E-state index in [9.17, 15) is 4.79 Å². The highest BCUT2D eigenvalue weighted by Gasteiger charge is 2.40. The molecule has 8 heteroatoms. The summed E-state index contributed by atoms with van der Waals surface area (Å²) in [7, 11) is 3.18. The van der Waals surface area contributed by atoms with E-state index in [2.05, 4.69) is 22.2 Å². The standard InChI is InChI=1S/C22H27N3O3S2/c1-12-5-7-15-18(9-12)30-22-19(15)21(23-11-24-22)29-13(2)20(26)25-16-10-14(27-3)6-8-17(16)28-4/h6,8,10-13,15,18H,5,7,9H2,1-4H3,(H,25,26). The maximum atomic E-state index is 12.9. The fourth-order valence-corrected chi connectivity index (χ4v) is 6.85. The lowest BCUT2D eigenvalue weighted by atomic mass is 9.80. The van der Waals surface area contributed by atoms with Crippen LogP contribution in [0.15, 0.2) is 34.6 Å². The van der Waals surface area contributed by atoms with Gasteiger partial charge in [0.15, 0.2) is 0 Å². The van der Waals surface area contributed by atoms with Crippen LogP contribution in [0.4, 0.5) is 5.69 Å². The van der Waals surface area contributed by atoms with Crippen molar-refractivity contribution < 1.29 is 14.3 Å². The molecule has 1 aromatic carbocycles. The number of carbonyl (C=O) groups is 1. The number of carbonyl (C=O) groups excluding carboxylic acids is 1. The van der Waals surface area contributed by atoms with Crippen molar-refractivity contribution in [2.24, 2.45) is 5.92 Å². The van der Waals surface area contributed by atoms with Crippen LogP contribution in [0.25, 0.3) is 0 Å². The Labute approximate surface area is 185 Å². The third-order valence-electron chi connectivity index (χ3n) is 5.82. The fourth-order valence-electron chi connectivity index (χ4n) is 4.17. The van der Waals surface area contributed by atoms with Crippen LogP contribution in [0, 0.1) is 5.92 Å². The van der Waals surface area contributed by atoms with Gasteiger partial charge in [0.25, 0.3) is 0 Å². The summed E-state index contributed by atoms with van der Waals surface area (Å²) < 4.78 is 10.6. The van der Waals surface area contributed by atoms with Crippen molar-refractivity contribution in [3.63, 3.8) is 0 Å². The van der Waals surface area contributed by atoms with Crippen molar-refractivity contribution >= 4 is 35.1 Å². The van der Waals surface area contributed by atoms with Gasteiger partial charge in [0.1, 0.15) is 27.9 Å². The summed E-state index contributed by atoms with van der Waals surface area (Å²) in [6.07, 6.45) is 5.27. The van der Waals surface area contributed by atoms with Crippen LogP contribution in [0.3, 0.4) is 0 Å². The van der Waals surface area contributed by atoms with Crippen LogP contribution in [-0.4, -0.2) is 40.6 Å². The van der Waals surface area contributed by atoms with Gasteiger partial charge in [0.2, 0.25) is 5.91 Å². The number of hydrogen-bond donors (Lipinski definition) is 1. The Balaban J connectivity index is 1.50. The lowest BCUT2D eigenvalue weighted by Gasteiger charge is -2.29. The Morgan fingerprint density at radius 3 is 2.87 bits per heavy atom. The second-order valence-electron chi connectivity index (χ2n) is 7.89. The van der Waals surface area contributed by atoms with Crippen molar-refractivity contribution in [1.82, 2.24) is 9.97 Å². The van der Waals surface area contributed by atoms with E-state index in [1.165, 1.54) is 36.6 Å². The van der Waals surface area contributed by atoms with Crippen LogP contribution in [0.5, 0.6) is 11.5 Å². The molecule has 1 amide bonds. The van der Waals surface area contributed by atoms with E-state index in [-0.39, 0.29) is 11.2 Å². The molecule has 0 bridgehead atoms. The Hall–Kier alpha value is -1.93. The second-order valence-corrected chi connectivity index (χ2v) is 10.5. The number of amides is 1. The maximum Gasteiger partial charge on any atom is 0.237 e. The predicted molar refractivity (Wildman–Crippen MR) is 121 cm³/mol. The van der Waals surface area contributed by atoms with Gasteiger partial charge in [0.05, 0.1) is 25.2 Å². The number of thioether (sulfide) groups is 2. The lowest BCUT2D eigenvalue weighted by molar-refractivity contribution is -0.115. The average molecular weight is 446 g/mol. The van der Waals surface area contributed by atoms with E-state index in [0.29, 0.717) is 28.4 Å². The number of ether oxygens (including phenoxy) is 2. The molecule has 1 aliphatic heterocycles. The number of rotatable bonds is 6. The summed E-state index contributed by atoms with van der Waals surface area (Å²) in [6, 6.07) is 5.35. The number of fused-ring (bicyclic) bond motifs is 3. The van der Waals surface area contributed by atoms with E-state index in [0.717, 1.165) is 16.0 Å². The third kappa shape index (κ3) is 4.25. The van der Waals surface area contributed by atoms with Gasteiger partial charge < -0.3 is 14.8 Å². The van der Waals surface area contributed by atoms with E-state index in [4.69, 9.17) is 9.47 Å². The van der Waals surface area contributed by atoms with Gasteiger partial charge in [0, 0.05) is 22.8 Å². The number of nitrogens with zero attached hydrogens (tertiary/aromatic N) is 2. The highest BCUT2D eigenvalue weighted by Crippen LogP contribution is 2.54. The van der Waals surface area contributed by atoms with Gasteiger partial charge in [-0.3, -0.25) is 4.79 Å². The predicted octanol–water partition coefficient (Wildman–Crippen LogP) is 4.99. The van der Waals surface area contributed by atoms with Gasteiger partial charge in [-0.25, -0.2) is 9.97 Å². The molecule has 2 aromatic rings. The van der Waals surface area contributed by atoms with Crippen LogP contribution in [0.2, 0.25) is 0 Å². The molecule has 6 nitrogen and oxygen atoms in total. The molecular formula is C22H27N3O3S2. The summed E-state index contributed by atoms with van der Waals surface area (Å²) in [6.45, 7) is 4.24. The van der Waals surface area contributed by atoms with Crippen molar-refractivity contribution in [3.05, 3.63) is 30.1 Å². The molecule has 2 heterocycles. The first-order chi connectivity index (χ1) is 14.5. The Morgan fingerprint density at radius 1 is 1.27 bits per heavy atom. The number of aromatic nitrogens is 2. The van der Waals surface area contributed by atoms with Gasteiger partial charge in [-0.2, -0.15) is 0 Å². The topological polar surface area (TPSA) is 73.3 Å². The smallest absolute Gasteiger partial charge is 0.237 e. The third-order valence-corrected chi connectivity index (χ3v) is 8.31. The quantitative estimate of drug-likeness (QED) is 0.496. The van der Waals surface area contributed by atoms with Crippen LogP contribution >= 0.6 is 23.5 Å². The number of anilines is 1. The fraction of sp³-hybridized carbons (Fsp3) is 0.500. The van der Waals surface area contributed by atoms with E-state index in [1.54, 1.807) is 38.7 Å². The molecule has 4 unspecified atom stereocenters. The summed E-state index contributed by atoms with van der Waals surface area (Å²) in [5.41, 5.74) is 1.85. The number of benzene rings is 1. The molecule has 0 radical (unpaired) electrons. The SMILES string of the molecule is COc1ccc(OC)c(NC(=O)C(C)Sc2ncnc3c2C2CCC(C)CC2S3)c1. The first-order valence-corrected chi connectivity index (χ1v) is 12.0. The largest absolute Gasteiger partial charge is 0.497 e. The van der Waals surface area contributed by atoms with Gasteiger partial charge in [-0.15, -0.1) is 11.8 Å². The minimum atomic E-state index is -0.313. The summed E-state index contributed by atoms with van der Waals surface area (Å²) in [5, 5.41) is 5.28. The molecule has 0 spiro atoms. The zero-order valence-corrected chi connectivity index (χ0v) is 19.3. The minimum Gasteiger partial charge on any atom is -0.497 e. The molecule has 1 saturated carbocycles. The van der Waals surface area contributed by atoms with E-state index >= 15 is 0 Å². The van der Waals surface area contributed by atoms with Crippen LogP contribution in [0.1, 0.15) is 44.6 Å². The number of nitrogens with one attached hydrogen (secondary N) is 1. The minimum absolute atomic E-state index is 0.0987. The normalized spacial score (nSPS) is 23.3. The van der Waals surface area contributed by atoms with Gasteiger partial charge in [-0.05, 0) is 37.8 Å². The molecule has 0 saturated heterocycles. The highest BCUT2D eigenvalue weighted by molar-refractivity contribution is 8.01. The Morgan fingerprint density at radius 2 is 2.10 bits per heavy atom. The molecule has 1 N–H and O–H groups in total. The summed E-state index contributed by atoms with van der Waals surface area (Å²) in [5.74, 6) is 2.42. The average Bonchev–Trinajstić information content (AvgIpc) is 3.11. The van der Waals surface area contributed by atoms with Gasteiger partial charge in [-0.1, -0.05) is 25.1 Å². The van der Waals surface area contributed by atoms with Crippen molar-refractivity contribution in [3.8, 4) is 11.5 Å². The molecule has 1 aromatic heterocycles. The van der Waals surface area contributed by atoms with Gasteiger partial charge >= 0.3 is 0 Å². The van der Waals surface area contributed by atoms with E-state index < -0.39 is 0 Å². The first kappa shape index (κ1) is 21.3. The lowest BCUT2D eigenvalue weighted by Crippen LogP contribution is -2.24. The zero-order chi connectivity index (χ0) is 21.3. The summed E-state index contributed by atoms with van der Waals surface area (Å²) >= 11 is 3.40. The summed E-state index contributed by atoms with van der Waals surface area (Å²) in [4.78, 5) is 22.0. The molecule has 160 valence electrons. The maximum absolute atomic E-state index is 12.9. The Bertz CT molecular complexity index is 940. The molecule has 4 rings (SSSR count). The van der Waals surface area contributed by atoms with Crippen molar-refractivity contribution in [2.45, 2.75) is 59.6 Å². The van der Waals surface area contributed by atoms with Crippen molar-refractivity contribution in [1.29, 1.82) is 0 Å². The Kier molecular flexibility index (Phi) is 6.43. The molecule has 2 aliphatic rings. The molecule has 1 fully saturated rings. The van der Waals surface area contributed by atoms with Crippen LogP contribution in [-0.2, 0) is 4.79 Å². The first-order valence-electron chi connectivity index (χ1n) is 10.2. The molecular weight excluding hydrogens is 418 g/mol. The number of methoxy groups -OCH3 is 2. The van der Waals surface area contributed by atoms with Crippen LogP contribution < -0.4 is 14.8 Å². The highest BCUT2D eigenvalue weighted by atomic mass is 32.2. The number of hydrogen-bond acceptors (Lipinski definition) is 7. The molecule has 30 heavy (non-hydrogen) atoms. The zero-order valence-electron chi connectivity index (χ0n) is 17.7. The molecule has 4 atom stereocenters. The van der Waals surface area contributed by atoms with E-state index in [1.807, 2.05) is 18.7 Å². The second kappa shape index (κ2) is 9.06. The van der Waals surface area contributed by atoms with Crippen molar-refractivity contribution in [2.75, 3.05) is 19.5 Å². The molecule has 1 aliphatic carbocycles.